The SMILES string of the molecule is C.CC(C)C1CCCCC1.CC(C)c1ccccc1.CC1CCC(C(C)C)CC1.CC1CCCCC1.CCC.Cc1ccccc1.[HH].c1ccccc1.c1ccccc1.c1ccccc1. The van der Waals surface area contributed by atoms with E-state index < -0.39 is 0 Å². The molecule has 0 bridgehead atoms. The number of rotatable bonds is 3. The third-order valence-electron chi connectivity index (χ3n) is 11.9. The van der Waals surface area contributed by atoms with Crippen molar-refractivity contribution in [3.8, 4) is 0 Å². The van der Waals surface area contributed by atoms with E-state index in [1.807, 2.05) is 133 Å². The monoisotopic (exact) mass is 873 g/mol. The van der Waals surface area contributed by atoms with E-state index in [-0.39, 0.29) is 8.85 Å². The van der Waals surface area contributed by atoms with Crippen LogP contribution in [0.3, 0.4) is 0 Å². The Labute approximate surface area is 402 Å². The van der Waals surface area contributed by atoms with Crippen LogP contribution in [-0.4, -0.2) is 0 Å². The summed E-state index contributed by atoms with van der Waals surface area (Å²) in [6.07, 6.45) is 22.1. The molecule has 5 aromatic rings. The summed E-state index contributed by atoms with van der Waals surface area (Å²) in [5.74, 6) is 6.66. The van der Waals surface area contributed by atoms with E-state index >= 15 is 0 Å². The van der Waals surface area contributed by atoms with E-state index in [1.165, 1.54) is 107 Å². The molecule has 64 heavy (non-hydrogen) atoms. The highest BCUT2D eigenvalue weighted by Gasteiger charge is 2.20. The molecule has 0 spiro atoms. The Morgan fingerprint density at radius 2 is 0.625 bits per heavy atom. The maximum atomic E-state index is 2.39. The third kappa shape index (κ3) is 40.8. The molecule has 0 unspecified atom stereocenters. The van der Waals surface area contributed by atoms with Gasteiger partial charge in [-0.3, -0.25) is 0 Å². The Kier molecular flexibility index (Phi) is 44.4. The van der Waals surface area contributed by atoms with Crippen LogP contribution in [0.5, 0.6) is 0 Å². The molecule has 0 heteroatoms. The van der Waals surface area contributed by atoms with Crippen molar-refractivity contribution < 1.29 is 1.43 Å². The fourth-order valence-electron chi connectivity index (χ4n) is 7.59. The quantitative estimate of drug-likeness (QED) is 0.169. The molecule has 0 saturated heterocycles. The molecule has 3 aliphatic carbocycles. The molecule has 8 rings (SSSR count). The van der Waals surface area contributed by atoms with Gasteiger partial charge in [-0.15, -0.1) is 0 Å². The summed E-state index contributed by atoms with van der Waals surface area (Å²) in [4.78, 5) is 0. The lowest BCUT2D eigenvalue weighted by atomic mass is 9.78. The van der Waals surface area contributed by atoms with Gasteiger partial charge in [0.15, 0.2) is 0 Å². The van der Waals surface area contributed by atoms with Crippen LogP contribution in [-0.2, 0) is 0 Å². The van der Waals surface area contributed by atoms with Gasteiger partial charge in [0.1, 0.15) is 0 Å². The van der Waals surface area contributed by atoms with Crippen LogP contribution in [0.1, 0.15) is 191 Å². The number of hydrogen-bond acceptors (Lipinski definition) is 0. The van der Waals surface area contributed by atoms with E-state index in [0.29, 0.717) is 5.92 Å². The van der Waals surface area contributed by atoms with Gasteiger partial charge in [0.2, 0.25) is 0 Å². The van der Waals surface area contributed by atoms with Crippen LogP contribution in [0, 0.1) is 42.4 Å². The zero-order valence-corrected chi connectivity index (χ0v) is 42.8. The fourth-order valence-corrected chi connectivity index (χ4v) is 7.59. The molecule has 0 atom stereocenters. The molecule has 3 fully saturated rings. The Morgan fingerprint density at radius 1 is 0.375 bits per heavy atom. The maximum absolute atomic E-state index is 2.39. The largest absolute Gasteiger partial charge is 0.0776 e. The van der Waals surface area contributed by atoms with Crippen molar-refractivity contribution in [1.82, 2.24) is 0 Å². The Morgan fingerprint density at radius 3 is 0.828 bits per heavy atom. The lowest BCUT2D eigenvalue weighted by Gasteiger charge is -2.28. The van der Waals surface area contributed by atoms with Crippen molar-refractivity contribution >= 4 is 0 Å². The van der Waals surface area contributed by atoms with E-state index in [0.717, 1.165) is 35.5 Å². The zero-order valence-electron chi connectivity index (χ0n) is 42.8. The summed E-state index contributed by atoms with van der Waals surface area (Å²) in [7, 11) is 0. The van der Waals surface area contributed by atoms with Crippen molar-refractivity contribution in [2.45, 2.75) is 186 Å². The average molecular weight is 874 g/mol. The average Bonchev–Trinajstić information content (AvgIpc) is 3.34. The highest BCUT2D eigenvalue weighted by atomic mass is 14.3. The molecule has 0 nitrogen and oxygen atoms in total. The molecule has 0 amide bonds. The van der Waals surface area contributed by atoms with Crippen LogP contribution in [0.15, 0.2) is 170 Å². The first-order chi connectivity index (χ1) is 30.5. The Hall–Kier alpha value is -3.90. The highest BCUT2D eigenvalue weighted by Crippen LogP contribution is 2.32. The molecule has 3 aliphatic rings. The van der Waals surface area contributed by atoms with Crippen LogP contribution in [0.25, 0.3) is 0 Å². The number of hydrogen-bond donors (Lipinski definition) is 0. The Bertz CT molecular complexity index is 1360. The van der Waals surface area contributed by atoms with Crippen LogP contribution in [0.4, 0.5) is 0 Å². The molecule has 0 N–H and O–H groups in total. The molecular weight excluding hydrogens is 769 g/mol. The van der Waals surface area contributed by atoms with Gasteiger partial charge in [0.25, 0.3) is 0 Å². The van der Waals surface area contributed by atoms with Gasteiger partial charge in [-0.05, 0) is 66.8 Å². The molecule has 5 aromatic carbocycles. The van der Waals surface area contributed by atoms with Crippen molar-refractivity contribution in [1.29, 1.82) is 0 Å². The molecule has 0 radical (unpaired) electrons. The van der Waals surface area contributed by atoms with Crippen LogP contribution in [0.2, 0.25) is 0 Å². The minimum Gasteiger partial charge on any atom is -0.0776 e. The van der Waals surface area contributed by atoms with E-state index in [1.54, 1.807) is 0 Å². The molecule has 0 aromatic heterocycles. The van der Waals surface area contributed by atoms with E-state index in [4.69, 9.17) is 0 Å². The topological polar surface area (TPSA) is 0 Å². The van der Waals surface area contributed by atoms with Gasteiger partial charge in [-0.1, -0.05) is 336 Å². The van der Waals surface area contributed by atoms with Gasteiger partial charge >= 0.3 is 0 Å². The normalized spacial score (nSPS) is 16.3. The van der Waals surface area contributed by atoms with E-state index in [2.05, 4.69) is 113 Å². The van der Waals surface area contributed by atoms with Crippen LogP contribution >= 0.6 is 0 Å². The minimum atomic E-state index is 0. The first-order valence-corrected chi connectivity index (χ1v) is 25.6. The highest BCUT2D eigenvalue weighted by molar-refractivity contribution is 5.17. The predicted molar refractivity (Wildman–Crippen MR) is 295 cm³/mol. The number of benzene rings is 5. The van der Waals surface area contributed by atoms with Crippen molar-refractivity contribution in [3.05, 3.63) is 181 Å². The molecule has 360 valence electrons. The third-order valence-corrected chi connectivity index (χ3v) is 11.9. The smallest absolute Gasteiger partial charge is 0 e. The molecule has 0 aliphatic heterocycles. The summed E-state index contributed by atoms with van der Waals surface area (Å²) < 4.78 is 0. The Balaban J connectivity index is -0.000000671. The lowest BCUT2D eigenvalue weighted by Crippen LogP contribution is -2.16. The van der Waals surface area contributed by atoms with Gasteiger partial charge in [0.05, 0.1) is 0 Å². The van der Waals surface area contributed by atoms with Crippen molar-refractivity contribution in [2.75, 3.05) is 0 Å². The summed E-state index contributed by atoms with van der Waals surface area (Å²) in [6.45, 7) is 24.9. The maximum Gasteiger partial charge on any atom is 0 e. The lowest BCUT2D eigenvalue weighted by molar-refractivity contribution is 0.234. The van der Waals surface area contributed by atoms with E-state index in [9.17, 15) is 0 Å². The minimum absolute atomic E-state index is 0. The molecule has 0 heterocycles. The molecular formula is C64H104. The zero-order chi connectivity index (χ0) is 46.6. The summed E-state index contributed by atoms with van der Waals surface area (Å²) >= 11 is 0. The second-order valence-corrected chi connectivity index (χ2v) is 19.0. The van der Waals surface area contributed by atoms with Gasteiger partial charge in [0, 0.05) is 1.43 Å². The second kappa shape index (κ2) is 45.7. The first-order valence-electron chi connectivity index (χ1n) is 25.6. The summed E-state index contributed by atoms with van der Waals surface area (Å²) in [5, 5.41) is 0. The molecule has 3 saturated carbocycles. The summed E-state index contributed by atoms with van der Waals surface area (Å²) in [5.41, 5.74) is 2.74. The van der Waals surface area contributed by atoms with Crippen LogP contribution < -0.4 is 0 Å². The standard InChI is InChI=1S/C10H20.C9H18.C9H12.C7H14.C7H8.3C6H6.C3H8.CH4.H2/c1-8(2)10-6-4-9(3)5-7-10;2*1-8(2)9-6-4-3-5-7-9;2*1-7-5-3-2-4-6-7;3*1-2-4-6-5-3-1;1-3-2;;/h8-10H,4-7H2,1-3H3;8-9H,3-7H2,1-2H3;3-8H,1-2H3;7H,2-6H2,1H3;2-6H,1H3;3*1-6H;3H2,1-2H3;1H4;1H. The number of aryl methyl sites for hydroxylation is 1. The predicted octanol–water partition coefficient (Wildman–Crippen LogP) is 21.4. The second-order valence-electron chi connectivity index (χ2n) is 19.0. The van der Waals surface area contributed by atoms with Gasteiger partial charge in [-0.2, -0.15) is 0 Å². The van der Waals surface area contributed by atoms with Crippen molar-refractivity contribution in [2.24, 2.45) is 35.5 Å². The van der Waals surface area contributed by atoms with Crippen molar-refractivity contribution in [3.63, 3.8) is 0 Å². The van der Waals surface area contributed by atoms with Gasteiger partial charge in [-0.25, -0.2) is 0 Å². The summed E-state index contributed by atoms with van der Waals surface area (Å²) in [6, 6.07) is 56.8. The first kappa shape index (κ1) is 62.2. The van der Waals surface area contributed by atoms with Gasteiger partial charge < -0.3 is 0 Å². The fraction of sp³-hybridized carbons (Fsp3) is 0.531.